The summed E-state index contributed by atoms with van der Waals surface area (Å²) in [5.41, 5.74) is 5.50. The van der Waals surface area contributed by atoms with Gasteiger partial charge in [-0.15, -0.1) is 12.6 Å². The summed E-state index contributed by atoms with van der Waals surface area (Å²) in [5.74, 6) is 0. The number of hydrogen-bond donors (Lipinski definition) is 3. The first-order valence-corrected chi connectivity index (χ1v) is 3.88. The van der Waals surface area contributed by atoms with Crippen molar-refractivity contribution in [3.05, 3.63) is 27.8 Å². The van der Waals surface area contributed by atoms with Gasteiger partial charge >= 0.3 is 0 Å². The van der Waals surface area contributed by atoms with Crippen LogP contribution in [-0.4, -0.2) is 10.0 Å². The first-order chi connectivity index (χ1) is 6.07. The third kappa shape index (κ3) is 1.73. The van der Waals surface area contributed by atoms with Crippen LogP contribution in [0.2, 0.25) is 0 Å². The monoisotopic (exact) mass is 200 g/mol. The summed E-state index contributed by atoms with van der Waals surface area (Å²) in [6, 6.07) is 2.69. The van der Waals surface area contributed by atoms with E-state index in [0.29, 0.717) is 4.90 Å². The zero-order chi connectivity index (χ0) is 10.0. The summed E-state index contributed by atoms with van der Waals surface area (Å²) in [6.45, 7) is -0.355. The second kappa shape index (κ2) is 3.63. The van der Waals surface area contributed by atoms with Gasteiger partial charge in [-0.2, -0.15) is 0 Å². The maximum absolute atomic E-state index is 10.4. The van der Waals surface area contributed by atoms with E-state index in [-0.39, 0.29) is 23.5 Å². The molecular formula is C7H8N2O3S. The minimum absolute atomic E-state index is 0.0278. The van der Waals surface area contributed by atoms with Crippen LogP contribution >= 0.6 is 12.6 Å². The van der Waals surface area contributed by atoms with Crippen molar-refractivity contribution in [3.8, 4) is 0 Å². The zero-order valence-electron chi connectivity index (χ0n) is 6.60. The van der Waals surface area contributed by atoms with Crippen LogP contribution in [0, 0.1) is 10.1 Å². The molecule has 0 aliphatic carbocycles. The van der Waals surface area contributed by atoms with E-state index >= 15 is 0 Å². The van der Waals surface area contributed by atoms with Crippen molar-refractivity contribution in [2.75, 3.05) is 5.73 Å². The first-order valence-electron chi connectivity index (χ1n) is 3.43. The Balaban J connectivity index is 3.35. The summed E-state index contributed by atoms with van der Waals surface area (Å²) in [7, 11) is 0. The van der Waals surface area contributed by atoms with Crippen molar-refractivity contribution >= 4 is 24.0 Å². The molecule has 5 nitrogen and oxygen atoms in total. The Morgan fingerprint density at radius 1 is 1.62 bits per heavy atom. The van der Waals surface area contributed by atoms with Crippen molar-refractivity contribution in [2.45, 2.75) is 11.5 Å². The number of benzene rings is 1. The molecule has 0 amide bonds. The Bertz CT molecular complexity index is 354. The normalized spacial score (nSPS) is 10.0. The fourth-order valence-electron chi connectivity index (χ4n) is 0.966. The summed E-state index contributed by atoms with van der Waals surface area (Å²) < 4.78 is 0. The van der Waals surface area contributed by atoms with E-state index in [1.165, 1.54) is 12.1 Å². The summed E-state index contributed by atoms with van der Waals surface area (Å²) in [6.07, 6.45) is 0. The zero-order valence-corrected chi connectivity index (χ0v) is 7.49. The molecule has 13 heavy (non-hydrogen) atoms. The van der Waals surface area contributed by atoms with Gasteiger partial charge in [0.05, 0.1) is 11.5 Å². The van der Waals surface area contributed by atoms with Gasteiger partial charge in [-0.05, 0) is 6.07 Å². The maximum atomic E-state index is 10.4. The Hall–Kier alpha value is -1.27. The van der Waals surface area contributed by atoms with Crippen LogP contribution in [0.4, 0.5) is 11.4 Å². The van der Waals surface area contributed by atoms with Crippen molar-refractivity contribution in [1.29, 1.82) is 0 Å². The number of aliphatic hydroxyl groups is 1. The first kappa shape index (κ1) is 9.82. The molecule has 1 aromatic rings. The van der Waals surface area contributed by atoms with Gasteiger partial charge in [0.25, 0.3) is 5.69 Å². The van der Waals surface area contributed by atoms with Gasteiger partial charge in [-0.3, -0.25) is 10.1 Å². The molecule has 0 aliphatic rings. The number of nitrogens with zero attached hydrogens (tertiary/aromatic N) is 1. The third-order valence-corrected chi connectivity index (χ3v) is 2.08. The van der Waals surface area contributed by atoms with Crippen LogP contribution in [-0.2, 0) is 6.61 Å². The molecule has 0 radical (unpaired) electrons. The number of thiol groups is 1. The third-order valence-electron chi connectivity index (χ3n) is 1.66. The van der Waals surface area contributed by atoms with Crippen LogP contribution in [0.5, 0.6) is 0 Å². The smallest absolute Gasteiger partial charge is 0.292 e. The lowest BCUT2D eigenvalue weighted by Crippen LogP contribution is -2.01. The molecule has 70 valence electrons. The highest BCUT2D eigenvalue weighted by Crippen LogP contribution is 2.29. The fraction of sp³-hybridized carbons (Fsp3) is 0.143. The summed E-state index contributed by atoms with van der Waals surface area (Å²) >= 11 is 4.00. The van der Waals surface area contributed by atoms with Crippen molar-refractivity contribution in [3.63, 3.8) is 0 Å². The van der Waals surface area contributed by atoms with E-state index in [1.807, 2.05) is 0 Å². The standard InChI is InChI=1S/C7H8N2O3S/c8-7-4(3-10)6(13)2-1-5(7)9(11)12/h1-2,10,13H,3,8H2. The molecule has 0 saturated heterocycles. The van der Waals surface area contributed by atoms with E-state index < -0.39 is 4.92 Å². The quantitative estimate of drug-likeness (QED) is 0.287. The predicted molar refractivity (Wildman–Crippen MR) is 50.7 cm³/mol. The van der Waals surface area contributed by atoms with Gasteiger partial charge in [0, 0.05) is 16.5 Å². The molecule has 0 bridgehead atoms. The number of nitrogen functional groups attached to an aromatic ring is 1. The number of rotatable bonds is 2. The highest BCUT2D eigenvalue weighted by Gasteiger charge is 2.15. The lowest BCUT2D eigenvalue weighted by molar-refractivity contribution is -0.384. The molecule has 1 aromatic carbocycles. The van der Waals surface area contributed by atoms with Crippen molar-refractivity contribution < 1.29 is 10.0 Å². The molecule has 0 fully saturated rings. The summed E-state index contributed by atoms with van der Waals surface area (Å²) in [5, 5.41) is 19.3. The van der Waals surface area contributed by atoms with E-state index in [4.69, 9.17) is 10.8 Å². The Labute approximate surface area is 79.7 Å². The van der Waals surface area contributed by atoms with Crippen LogP contribution in [0.25, 0.3) is 0 Å². The molecular weight excluding hydrogens is 192 g/mol. The van der Waals surface area contributed by atoms with Gasteiger partial charge in [0.1, 0.15) is 5.69 Å². The number of nitrogens with two attached hydrogens (primary N) is 1. The van der Waals surface area contributed by atoms with Gasteiger partial charge in [-0.1, -0.05) is 0 Å². The predicted octanol–water partition coefficient (Wildman–Crippen LogP) is 0.958. The average molecular weight is 200 g/mol. The number of nitro benzene ring substituents is 1. The molecule has 0 spiro atoms. The lowest BCUT2D eigenvalue weighted by atomic mass is 10.1. The van der Waals surface area contributed by atoms with Crippen molar-refractivity contribution in [1.82, 2.24) is 0 Å². The Morgan fingerprint density at radius 3 is 2.69 bits per heavy atom. The van der Waals surface area contributed by atoms with Crippen LogP contribution < -0.4 is 5.73 Å². The topological polar surface area (TPSA) is 89.4 Å². The molecule has 1 rings (SSSR count). The maximum Gasteiger partial charge on any atom is 0.292 e. The second-order valence-electron chi connectivity index (χ2n) is 2.41. The molecule has 0 unspecified atom stereocenters. The number of anilines is 1. The minimum atomic E-state index is -0.596. The van der Waals surface area contributed by atoms with Gasteiger partial charge < -0.3 is 10.8 Å². The van der Waals surface area contributed by atoms with Crippen LogP contribution in [0.15, 0.2) is 17.0 Å². The molecule has 0 saturated carbocycles. The largest absolute Gasteiger partial charge is 0.393 e. The van der Waals surface area contributed by atoms with E-state index in [2.05, 4.69) is 12.6 Å². The molecule has 0 atom stereocenters. The number of aliphatic hydroxyl groups excluding tert-OH is 1. The summed E-state index contributed by atoms with van der Waals surface area (Å²) in [4.78, 5) is 10.3. The molecule has 0 heterocycles. The van der Waals surface area contributed by atoms with E-state index in [0.717, 1.165) is 0 Å². The molecule has 6 heteroatoms. The molecule has 0 aromatic heterocycles. The van der Waals surface area contributed by atoms with E-state index in [1.54, 1.807) is 0 Å². The molecule has 3 N–H and O–H groups in total. The van der Waals surface area contributed by atoms with Gasteiger partial charge in [-0.25, -0.2) is 0 Å². The molecule has 0 aliphatic heterocycles. The SMILES string of the molecule is Nc1c([N+](=O)[O-])ccc(S)c1CO. The Kier molecular flexibility index (Phi) is 2.74. The highest BCUT2D eigenvalue weighted by molar-refractivity contribution is 7.80. The van der Waals surface area contributed by atoms with Crippen LogP contribution in [0.3, 0.4) is 0 Å². The van der Waals surface area contributed by atoms with Crippen molar-refractivity contribution in [2.24, 2.45) is 0 Å². The van der Waals surface area contributed by atoms with Gasteiger partial charge in [0.15, 0.2) is 0 Å². The van der Waals surface area contributed by atoms with Gasteiger partial charge in [0.2, 0.25) is 0 Å². The lowest BCUT2D eigenvalue weighted by Gasteiger charge is -2.05. The fourth-order valence-corrected chi connectivity index (χ4v) is 1.23. The second-order valence-corrected chi connectivity index (χ2v) is 2.89. The highest BCUT2D eigenvalue weighted by atomic mass is 32.1. The number of nitro groups is 1. The van der Waals surface area contributed by atoms with Crippen LogP contribution in [0.1, 0.15) is 5.56 Å². The minimum Gasteiger partial charge on any atom is -0.393 e. The average Bonchev–Trinajstić information content (AvgIpc) is 2.04. The van der Waals surface area contributed by atoms with E-state index in [9.17, 15) is 10.1 Å². The Morgan fingerprint density at radius 2 is 2.23 bits per heavy atom. The number of hydrogen-bond acceptors (Lipinski definition) is 5.